The van der Waals surface area contributed by atoms with Crippen molar-refractivity contribution in [3.63, 3.8) is 0 Å². The number of rotatable bonds is 2. The molecule has 0 bridgehead atoms. The Morgan fingerprint density at radius 3 is 3.06 bits per heavy atom. The van der Waals surface area contributed by atoms with Crippen LogP contribution in [0, 0.1) is 6.92 Å². The number of likely N-dealkylation sites (tertiary alicyclic amines) is 1. The molecule has 2 aromatic heterocycles. The van der Waals surface area contributed by atoms with E-state index in [0.717, 1.165) is 12.2 Å². The first-order valence-electron chi connectivity index (χ1n) is 6.44. The third-order valence-electron chi connectivity index (χ3n) is 3.83. The van der Waals surface area contributed by atoms with Gasteiger partial charge < -0.3 is 9.30 Å². The maximum atomic E-state index is 4.80. The highest BCUT2D eigenvalue weighted by molar-refractivity contribution is 5.48. The van der Waals surface area contributed by atoms with E-state index in [2.05, 4.69) is 47.7 Å². The summed E-state index contributed by atoms with van der Waals surface area (Å²) in [6.45, 7) is 7.89. The van der Waals surface area contributed by atoms with E-state index in [1.54, 1.807) is 0 Å². The van der Waals surface area contributed by atoms with Crippen molar-refractivity contribution in [2.75, 3.05) is 19.6 Å². The average molecular weight is 229 g/mol. The van der Waals surface area contributed by atoms with Crippen molar-refractivity contribution in [1.82, 2.24) is 14.3 Å². The van der Waals surface area contributed by atoms with E-state index in [1.807, 2.05) is 0 Å². The zero-order valence-electron chi connectivity index (χ0n) is 10.6. The Balaban J connectivity index is 1.94. The predicted molar refractivity (Wildman–Crippen MR) is 69.4 cm³/mol. The Bertz CT molecular complexity index is 529. The Morgan fingerprint density at radius 1 is 1.47 bits per heavy atom. The van der Waals surface area contributed by atoms with Crippen molar-refractivity contribution in [2.45, 2.75) is 26.2 Å². The van der Waals surface area contributed by atoms with Crippen LogP contribution in [0.3, 0.4) is 0 Å². The van der Waals surface area contributed by atoms with Gasteiger partial charge in [-0.3, -0.25) is 0 Å². The number of aromatic nitrogens is 2. The number of pyridine rings is 1. The largest absolute Gasteiger partial charge is 0.307 e. The molecule has 0 N–H and O–H groups in total. The quantitative estimate of drug-likeness (QED) is 0.788. The van der Waals surface area contributed by atoms with Gasteiger partial charge in [-0.1, -0.05) is 13.0 Å². The Labute approximate surface area is 102 Å². The van der Waals surface area contributed by atoms with Crippen LogP contribution in [0.4, 0.5) is 0 Å². The fourth-order valence-corrected chi connectivity index (χ4v) is 2.73. The van der Waals surface area contributed by atoms with Crippen LogP contribution < -0.4 is 0 Å². The number of imidazole rings is 1. The van der Waals surface area contributed by atoms with Gasteiger partial charge in [-0.05, 0) is 38.1 Å². The van der Waals surface area contributed by atoms with Crippen LogP contribution in [0.15, 0.2) is 24.5 Å². The maximum Gasteiger partial charge on any atom is 0.139 e. The molecule has 0 aromatic carbocycles. The number of nitrogens with zero attached hydrogens (tertiary/aromatic N) is 3. The minimum absolute atomic E-state index is 0.620. The average Bonchev–Trinajstić information content (AvgIpc) is 2.95. The second-order valence-electron chi connectivity index (χ2n) is 4.97. The van der Waals surface area contributed by atoms with Crippen LogP contribution in [0.5, 0.6) is 0 Å². The van der Waals surface area contributed by atoms with Gasteiger partial charge in [0.25, 0.3) is 0 Å². The molecule has 3 heterocycles. The summed E-state index contributed by atoms with van der Waals surface area (Å²) in [5.41, 5.74) is 3.62. The number of fused-ring (bicyclic) bond motifs is 1. The Morgan fingerprint density at radius 2 is 2.35 bits per heavy atom. The van der Waals surface area contributed by atoms with Gasteiger partial charge >= 0.3 is 0 Å². The molecule has 3 rings (SSSR count). The molecule has 2 aromatic rings. The van der Waals surface area contributed by atoms with Crippen molar-refractivity contribution >= 4 is 5.65 Å². The normalized spacial score (nSPS) is 21.4. The minimum Gasteiger partial charge on any atom is -0.307 e. The van der Waals surface area contributed by atoms with Gasteiger partial charge in [-0.25, -0.2) is 4.98 Å². The monoisotopic (exact) mass is 229 g/mol. The van der Waals surface area contributed by atoms with Gasteiger partial charge in [0.2, 0.25) is 0 Å². The first kappa shape index (κ1) is 10.8. The first-order chi connectivity index (χ1) is 8.28. The molecule has 3 nitrogen and oxygen atoms in total. The van der Waals surface area contributed by atoms with Crippen LogP contribution in [-0.2, 0) is 0 Å². The van der Waals surface area contributed by atoms with Gasteiger partial charge in [-0.2, -0.15) is 0 Å². The SMILES string of the molecule is CCN1CCC(c2cn3cccc(C)c3n2)C1. The highest BCUT2D eigenvalue weighted by Crippen LogP contribution is 2.26. The highest BCUT2D eigenvalue weighted by atomic mass is 15.1. The fraction of sp³-hybridized carbons (Fsp3) is 0.500. The molecule has 0 amide bonds. The predicted octanol–water partition coefficient (Wildman–Crippen LogP) is 2.45. The molecule has 0 spiro atoms. The first-order valence-corrected chi connectivity index (χ1v) is 6.44. The molecule has 3 heteroatoms. The van der Waals surface area contributed by atoms with E-state index >= 15 is 0 Å². The second kappa shape index (κ2) is 4.15. The summed E-state index contributed by atoms with van der Waals surface area (Å²) >= 11 is 0. The van der Waals surface area contributed by atoms with E-state index in [4.69, 9.17) is 4.98 Å². The Kier molecular flexibility index (Phi) is 2.63. The van der Waals surface area contributed by atoms with Gasteiger partial charge in [0.1, 0.15) is 5.65 Å². The van der Waals surface area contributed by atoms with Crippen molar-refractivity contribution in [3.8, 4) is 0 Å². The lowest BCUT2D eigenvalue weighted by Gasteiger charge is -2.11. The third kappa shape index (κ3) is 1.84. The lowest BCUT2D eigenvalue weighted by molar-refractivity contribution is 0.353. The zero-order valence-corrected chi connectivity index (χ0v) is 10.6. The fourth-order valence-electron chi connectivity index (χ4n) is 2.73. The highest BCUT2D eigenvalue weighted by Gasteiger charge is 2.24. The van der Waals surface area contributed by atoms with Crippen LogP contribution in [0.2, 0.25) is 0 Å². The summed E-state index contributed by atoms with van der Waals surface area (Å²) in [6, 6.07) is 4.21. The van der Waals surface area contributed by atoms with E-state index in [9.17, 15) is 0 Å². The molecule has 0 aliphatic carbocycles. The lowest BCUT2D eigenvalue weighted by atomic mass is 10.1. The Hall–Kier alpha value is -1.35. The van der Waals surface area contributed by atoms with E-state index < -0.39 is 0 Å². The van der Waals surface area contributed by atoms with Crippen LogP contribution in [0.1, 0.15) is 30.5 Å². The molecule has 1 aliphatic heterocycles. The summed E-state index contributed by atoms with van der Waals surface area (Å²) < 4.78 is 2.15. The summed E-state index contributed by atoms with van der Waals surface area (Å²) in [7, 11) is 0. The summed E-state index contributed by atoms with van der Waals surface area (Å²) in [5.74, 6) is 0.620. The van der Waals surface area contributed by atoms with Crippen molar-refractivity contribution in [1.29, 1.82) is 0 Å². The molecular formula is C14H19N3. The summed E-state index contributed by atoms with van der Waals surface area (Å²) in [6.07, 6.45) is 5.54. The summed E-state index contributed by atoms with van der Waals surface area (Å²) in [5, 5.41) is 0. The topological polar surface area (TPSA) is 20.5 Å². The van der Waals surface area contributed by atoms with Gasteiger partial charge in [0.15, 0.2) is 0 Å². The van der Waals surface area contributed by atoms with E-state index in [-0.39, 0.29) is 0 Å². The second-order valence-corrected chi connectivity index (χ2v) is 4.97. The van der Waals surface area contributed by atoms with Crippen molar-refractivity contribution in [2.24, 2.45) is 0 Å². The third-order valence-corrected chi connectivity index (χ3v) is 3.83. The van der Waals surface area contributed by atoms with Gasteiger partial charge in [0, 0.05) is 24.9 Å². The number of hydrogen-bond donors (Lipinski definition) is 0. The van der Waals surface area contributed by atoms with Crippen LogP contribution in [-0.4, -0.2) is 33.9 Å². The van der Waals surface area contributed by atoms with Crippen molar-refractivity contribution < 1.29 is 0 Å². The van der Waals surface area contributed by atoms with E-state index in [1.165, 1.54) is 30.8 Å². The minimum atomic E-state index is 0.620. The van der Waals surface area contributed by atoms with E-state index in [0.29, 0.717) is 5.92 Å². The smallest absolute Gasteiger partial charge is 0.139 e. The van der Waals surface area contributed by atoms with Gasteiger partial charge in [-0.15, -0.1) is 0 Å². The molecule has 1 fully saturated rings. The molecule has 1 atom stereocenters. The van der Waals surface area contributed by atoms with Gasteiger partial charge in [0.05, 0.1) is 5.69 Å². The van der Waals surface area contributed by atoms with Crippen LogP contribution >= 0.6 is 0 Å². The lowest BCUT2D eigenvalue weighted by Crippen LogP contribution is -2.19. The summed E-state index contributed by atoms with van der Waals surface area (Å²) in [4.78, 5) is 7.30. The van der Waals surface area contributed by atoms with Crippen LogP contribution in [0.25, 0.3) is 5.65 Å². The molecular weight excluding hydrogens is 210 g/mol. The molecule has 1 aliphatic rings. The number of hydrogen-bond acceptors (Lipinski definition) is 2. The molecule has 1 saturated heterocycles. The molecule has 17 heavy (non-hydrogen) atoms. The number of aryl methyl sites for hydroxylation is 1. The molecule has 0 radical (unpaired) electrons. The number of likely N-dealkylation sites (N-methyl/N-ethyl adjacent to an activating group) is 1. The maximum absolute atomic E-state index is 4.80. The molecule has 0 saturated carbocycles. The zero-order chi connectivity index (χ0) is 11.8. The molecule has 90 valence electrons. The molecule has 1 unspecified atom stereocenters. The standard InChI is InChI=1S/C14H19N3/c1-3-16-8-6-12(9-16)13-10-17-7-4-5-11(2)14(17)15-13/h4-5,7,10,12H,3,6,8-9H2,1-2H3. The van der Waals surface area contributed by atoms with Crippen molar-refractivity contribution in [3.05, 3.63) is 35.8 Å².